The zero-order valence-corrected chi connectivity index (χ0v) is 20.3. The molecule has 3 amide bonds. The van der Waals surface area contributed by atoms with Gasteiger partial charge in [0.25, 0.3) is 11.1 Å². The smallest absolute Gasteiger partial charge is 0.343 e. The van der Waals surface area contributed by atoms with Crippen LogP contribution >= 0.6 is 27.7 Å². The monoisotopic (exact) mass is 532 g/mol. The summed E-state index contributed by atoms with van der Waals surface area (Å²) in [5.74, 6) is -1.28. The molecule has 10 heteroatoms. The highest BCUT2D eigenvalue weighted by atomic mass is 79.9. The van der Waals surface area contributed by atoms with Gasteiger partial charge in [-0.05, 0) is 60.2 Å². The fraction of sp³-hybridized carbons (Fsp3) is 0.217. The molecule has 8 nitrogen and oxygen atoms in total. The Morgan fingerprint density at radius 3 is 2.55 bits per heavy atom. The first-order chi connectivity index (χ1) is 15.8. The van der Waals surface area contributed by atoms with Crippen molar-refractivity contribution in [3.63, 3.8) is 0 Å². The molecular formula is C23H21BrN2O6S. The SMILES string of the molecule is CCc1ccc(NC(=O)CN2C(=O)S/C(=C/c3cc(Br)ccc3OCC(=O)OC)C2=O)cc1. The van der Waals surface area contributed by atoms with E-state index in [-0.39, 0.29) is 11.5 Å². The molecule has 1 heterocycles. The topological polar surface area (TPSA) is 102 Å². The molecule has 0 atom stereocenters. The van der Waals surface area contributed by atoms with Crippen LogP contribution in [-0.2, 0) is 25.5 Å². The lowest BCUT2D eigenvalue weighted by Crippen LogP contribution is -2.36. The van der Waals surface area contributed by atoms with E-state index in [2.05, 4.69) is 26.0 Å². The van der Waals surface area contributed by atoms with E-state index in [1.165, 1.54) is 13.2 Å². The summed E-state index contributed by atoms with van der Waals surface area (Å²) in [5.41, 5.74) is 2.20. The van der Waals surface area contributed by atoms with Gasteiger partial charge in [0.2, 0.25) is 5.91 Å². The van der Waals surface area contributed by atoms with Gasteiger partial charge >= 0.3 is 5.97 Å². The maximum atomic E-state index is 12.8. The molecule has 0 spiro atoms. The van der Waals surface area contributed by atoms with Crippen LogP contribution in [0, 0.1) is 0 Å². The number of amides is 3. The van der Waals surface area contributed by atoms with Crippen molar-refractivity contribution in [1.29, 1.82) is 0 Å². The van der Waals surface area contributed by atoms with Crippen LogP contribution in [-0.4, -0.2) is 48.2 Å². The number of hydrogen-bond donors (Lipinski definition) is 1. The quantitative estimate of drug-likeness (QED) is 0.400. The third-order valence-corrected chi connectivity index (χ3v) is 6.05. The molecule has 33 heavy (non-hydrogen) atoms. The summed E-state index contributed by atoms with van der Waals surface area (Å²) >= 11 is 4.08. The number of thioether (sulfide) groups is 1. The van der Waals surface area contributed by atoms with Crippen molar-refractivity contribution in [2.75, 3.05) is 25.6 Å². The molecule has 1 aliphatic heterocycles. The van der Waals surface area contributed by atoms with E-state index in [0.29, 0.717) is 21.5 Å². The van der Waals surface area contributed by atoms with Crippen LogP contribution in [0.3, 0.4) is 0 Å². The average Bonchev–Trinajstić information content (AvgIpc) is 3.06. The van der Waals surface area contributed by atoms with Crippen molar-refractivity contribution < 1.29 is 28.7 Å². The number of carbonyl (C=O) groups excluding carboxylic acids is 4. The Bertz CT molecular complexity index is 1120. The maximum Gasteiger partial charge on any atom is 0.343 e. The Morgan fingerprint density at radius 1 is 1.15 bits per heavy atom. The van der Waals surface area contributed by atoms with E-state index < -0.39 is 29.6 Å². The number of ether oxygens (including phenoxy) is 2. The lowest BCUT2D eigenvalue weighted by atomic mass is 10.1. The minimum absolute atomic E-state index is 0.140. The highest BCUT2D eigenvalue weighted by molar-refractivity contribution is 9.10. The van der Waals surface area contributed by atoms with E-state index in [4.69, 9.17) is 4.74 Å². The van der Waals surface area contributed by atoms with E-state index in [9.17, 15) is 19.2 Å². The van der Waals surface area contributed by atoms with Gasteiger partial charge in [0.1, 0.15) is 12.3 Å². The van der Waals surface area contributed by atoms with Gasteiger partial charge < -0.3 is 14.8 Å². The van der Waals surface area contributed by atoms with Crippen LogP contribution in [0.4, 0.5) is 10.5 Å². The summed E-state index contributed by atoms with van der Waals surface area (Å²) in [7, 11) is 1.25. The zero-order chi connectivity index (χ0) is 24.0. The van der Waals surface area contributed by atoms with Gasteiger partial charge in [-0.1, -0.05) is 35.0 Å². The van der Waals surface area contributed by atoms with E-state index in [1.807, 2.05) is 19.1 Å². The third kappa shape index (κ3) is 6.45. The number of carbonyl (C=O) groups is 4. The molecule has 2 aromatic carbocycles. The maximum absolute atomic E-state index is 12.8. The predicted octanol–water partition coefficient (Wildman–Crippen LogP) is 4.24. The molecule has 0 aliphatic carbocycles. The highest BCUT2D eigenvalue weighted by Gasteiger charge is 2.36. The summed E-state index contributed by atoms with van der Waals surface area (Å²) in [4.78, 5) is 50.0. The summed E-state index contributed by atoms with van der Waals surface area (Å²) in [5, 5.41) is 2.14. The van der Waals surface area contributed by atoms with E-state index >= 15 is 0 Å². The fourth-order valence-electron chi connectivity index (χ4n) is 2.90. The van der Waals surface area contributed by atoms with Gasteiger partial charge in [0.05, 0.1) is 12.0 Å². The second kappa shape index (κ2) is 11.2. The molecule has 0 radical (unpaired) electrons. The summed E-state index contributed by atoms with van der Waals surface area (Å²) in [6.07, 6.45) is 2.37. The molecule has 0 unspecified atom stereocenters. The fourth-order valence-corrected chi connectivity index (χ4v) is 4.11. The van der Waals surface area contributed by atoms with Gasteiger partial charge in [-0.25, -0.2) is 4.79 Å². The number of nitrogens with one attached hydrogen (secondary N) is 1. The minimum Gasteiger partial charge on any atom is -0.481 e. The molecule has 1 saturated heterocycles. The first-order valence-corrected chi connectivity index (χ1v) is 11.5. The second-order valence-electron chi connectivity index (χ2n) is 6.91. The third-order valence-electron chi connectivity index (χ3n) is 4.65. The minimum atomic E-state index is -0.583. The number of hydrogen-bond acceptors (Lipinski definition) is 7. The Morgan fingerprint density at radius 2 is 1.88 bits per heavy atom. The Balaban J connectivity index is 1.72. The van der Waals surface area contributed by atoms with E-state index in [0.717, 1.165) is 28.6 Å². The first kappa shape index (κ1) is 24.5. The highest BCUT2D eigenvalue weighted by Crippen LogP contribution is 2.34. The zero-order valence-electron chi connectivity index (χ0n) is 17.9. The van der Waals surface area contributed by atoms with Gasteiger partial charge in [-0.15, -0.1) is 0 Å². The number of imide groups is 1. The van der Waals surface area contributed by atoms with Crippen LogP contribution in [0.2, 0.25) is 0 Å². The summed E-state index contributed by atoms with van der Waals surface area (Å²) in [6, 6.07) is 12.4. The number of methoxy groups -OCH3 is 1. The number of esters is 1. The number of rotatable bonds is 8. The normalized spacial score (nSPS) is 14.5. The van der Waals surface area contributed by atoms with Gasteiger partial charge in [0, 0.05) is 15.7 Å². The average molecular weight is 533 g/mol. The van der Waals surface area contributed by atoms with Crippen molar-refractivity contribution in [3.8, 4) is 5.75 Å². The van der Waals surface area contributed by atoms with Crippen LogP contribution in [0.25, 0.3) is 6.08 Å². The van der Waals surface area contributed by atoms with Crippen molar-refractivity contribution in [3.05, 3.63) is 63.0 Å². The lowest BCUT2D eigenvalue weighted by molar-refractivity contribution is -0.142. The van der Waals surface area contributed by atoms with Crippen molar-refractivity contribution in [2.45, 2.75) is 13.3 Å². The van der Waals surface area contributed by atoms with Gasteiger partial charge in [-0.2, -0.15) is 0 Å². The molecule has 1 aliphatic rings. The second-order valence-corrected chi connectivity index (χ2v) is 8.82. The molecule has 3 rings (SSSR count). The summed E-state index contributed by atoms with van der Waals surface area (Å²) < 4.78 is 10.8. The van der Waals surface area contributed by atoms with Crippen LogP contribution < -0.4 is 10.1 Å². The molecule has 0 bridgehead atoms. The van der Waals surface area contributed by atoms with Crippen molar-refractivity contribution in [2.24, 2.45) is 0 Å². The molecule has 1 N–H and O–H groups in total. The molecule has 0 saturated carbocycles. The Labute approximate surface area is 203 Å². The van der Waals surface area contributed by atoms with E-state index in [1.54, 1.807) is 30.3 Å². The molecule has 2 aromatic rings. The van der Waals surface area contributed by atoms with Gasteiger partial charge in [-0.3, -0.25) is 19.3 Å². The molecular weight excluding hydrogens is 512 g/mol. The predicted molar refractivity (Wildman–Crippen MR) is 129 cm³/mol. The number of halogens is 1. The number of nitrogens with zero attached hydrogens (tertiary/aromatic N) is 1. The van der Waals surface area contributed by atoms with Crippen LogP contribution in [0.1, 0.15) is 18.1 Å². The molecule has 0 aromatic heterocycles. The van der Waals surface area contributed by atoms with Crippen LogP contribution in [0.15, 0.2) is 51.8 Å². The standard InChI is InChI=1S/C23H21BrN2O6S/c1-3-14-4-7-17(8-5-14)25-20(27)12-26-22(29)19(33-23(26)30)11-15-10-16(24)6-9-18(15)32-13-21(28)31-2/h4-11H,3,12-13H2,1-2H3,(H,25,27)/b19-11+. The Hall–Kier alpha value is -3.11. The molecule has 1 fully saturated rings. The number of benzene rings is 2. The number of anilines is 1. The van der Waals surface area contributed by atoms with Gasteiger partial charge in [0.15, 0.2) is 6.61 Å². The van der Waals surface area contributed by atoms with Crippen molar-refractivity contribution in [1.82, 2.24) is 4.90 Å². The van der Waals surface area contributed by atoms with Crippen LogP contribution in [0.5, 0.6) is 5.75 Å². The largest absolute Gasteiger partial charge is 0.481 e. The lowest BCUT2D eigenvalue weighted by Gasteiger charge is -2.13. The Kier molecular flexibility index (Phi) is 8.29. The number of aryl methyl sites for hydroxylation is 1. The van der Waals surface area contributed by atoms with Crippen molar-refractivity contribution >= 4 is 62.5 Å². The first-order valence-electron chi connectivity index (χ1n) is 9.94. The summed E-state index contributed by atoms with van der Waals surface area (Å²) in [6.45, 7) is 1.32. The molecule has 172 valence electrons.